The predicted octanol–water partition coefficient (Wildman–Crippen LogP) is -0.575. The van der Waals surface area contributed by atoms with Gasteiger partial charge in [-0.25, -0.2) is 9.97 Å². The zero-order valence-electron chi connectivity index (χ0n) is 8.14. The van der Waals surface area contributed by atoms with Crippen molar-refractivity contribution < 1.29 is 5.11 Å². The Bertz CT molecular complexity index is 336. The average molecular weight is 194 g/mol. The summed E-state index contributed by atoms with van der Waals surface area (Å²) in [6, 6.07) is 0. The third-order valence-corrected chi connectivity index (χ3v) is 2.34. The number of hydrogen-bond donors (Lipinski definition) is 2. The molecule has 5 nitrogen and oxygen atoms in total. The molecule has 0 unspecified atom stereocenters. The fourth-order valence-corrected chi connectivity index (χ4v) is 1.53. The van der Waals surface area contributed by atoms with Crippen molar-refractivity contribution >= 4 is 5.82 Å². The molecule has 0 amide bonds. The maximum absolute atomic E-state index is 9.20. The van der Waals surface area contributed by atoms with Gasteiger partial charge >= 0.3 is 0 Å². The Hall–Kier alpha value is -1.20. The van der Waals surface area contributed by atoms with Gasteiger partial charge < -0.3 is 15.7 Å². The lowest BCUT2D eigenvalue weighted by atomic mass is 10.1. The summed E-state index contributed by atoms with van der Waals surface area (Å²) in [5, 5.41) is 9.20. The molecular formula is C9H14N4O. The number of anilines is 1. The average Bonchev–Trinajstić information content (AvgIpc) is 2.13. The van der Waals surface area contributed by atoms with Crippen molar-refractivity contribution in [1.82, 2.24) is 9.97 Å². The van der Waals surface area contributed by atoms with Gasteiger partial charge in [0.2, 0.25) is 0 Å². The second-order valence-corrected chi connectivity index (χ2v) is 3.53. The number of aromatic nitrogens is 2. The molecule has 0 aliphatic carbocycles. The van der Waals surface area contributed by atoms with Gasteiger partial charge in [0.15, 0.2) is 0 Å². The molecule has 1 aliphatic heterocycles. The molecule has 0 spiro atoms. The number of nitrogens with two attached hydrogens (primary N) is 1. The summed E-state index contributed by atoms with van der Waals surface area (Å²) in [5.74, 6) is 1.60. The molecule has 1 saturated heterocycles. The molecule has 1 aromatic rings. The summed E-state index contributed by atoms with van der Waals surface area (Å²) in [5.41, 5.74) is 6.52. The smallest absolute Gasteiger partial charge is 0.136 e. The van der Waals surface area contributed by atoms with Crippen LogP contribution in [0.5, 0.6) is 0 Å². The van der Waals surface area contributed by atoms with Gasteiger partial charge in [-0.05, 0) is 6.92 Å². The standard InChI is InChI=1S/C9H14N4O/c1-6-11-3-7(2-10)9(12-6)13-4-8(14)5-13/h3,8,14H,2,4-5,10H2,1H3. The van der Waals surface area contributed by atoms with Crippen LogP contribution in [0.25, 0.3) is 0 Å². The zero-order chi connectivity index (χ0) is 10.1. The molecule has 5 heteroatoms. The van der Waals surface area contributed by atoms with E-state index in [2.05, 4.69) is 9.97 Å². The second kappa shape index (κ2) is 3.51. The lowest BCUT2D eigenvalue weighted by Gasteiger charge is -2.37. The van der Waals surface area contributed by atoms with Gasteiger partial charge in [0, 0.05) is 31.4 Å². The van der Waals surface area contributed by atoms with Gasteiger partial charge in [0.05, 0.1) is 6.10 Å². The Morgan fingerprint density at radius 3 is 2.93 bits per heavy atom. The zero-order valence-corrected chi connectivity index (χ0v) is 8.14. The molecule has 2 heterocycles. The van der Waals surface area contributed by atoms with Crippen LogP contribution in [-0.4, -0.2) is 34.3 Å². The van der Waals surface area contributed by atoms with Crippen LogP contribution in [0.4, 0.5) is 5.82 Å². The van der Waals surface area contributed by atoms with Crippen LogP contribution < -0.4 is 10.6 Å². The highest BCUT2D eigenvalue weighted by Crippen LogP contribution is 2.22. The topological polar surface area (TPSA) is 75.3 Å². The van der Waals surface area contributed by atoms with Gasteiger partial charge in [0.25, 0.3) is 0 Å². The summed E-state index contributed by atoms with van der Waals surface area (Å²) < 4.78 is 0. The van der Waals surface area contributed by atoms with Crippen LogP contribution in [0.1, 0.15) is 11.4 Å². The molecule has 3 N–H and O–H groups in total. The van der Waals surface area contributed by atoms with Crippen molar-refractivity contribution in [2.24, 2.45) is 5.73 Å². The fraction of sp³-hybridized carbons (Fsp3) is 0.556. The third kappa shape index (κ3) is 1.56. The van der Waals surface area contributed by atoms with Gasteiger partial charge in [-0.1, -0.05) is 0 Å². The molecule has 1 aromatic heterocycles. The van der Waals surface area contributed by atoms with Crippen LogP contribution >= 0.6 is 0 Å². The summed E-state index contributed by atoms with van der Waals surface area (Å²) in [7, 11) is 0. The summed E-state index contributed by atoms with van der Waals surface area (Å²) in [6.07, 6.45) is 1.53. The molecule has 0 saturated carbocycles. The van der Waals surface area contributed by atoms with E-state index in [0.717, 1.165) is 17.2 Å². The maximum Gasteiger partial charge on any atom is 0.136 e. The molecule has 1 aliphatic rings. The number of β-amino-alcohol motifs (C(OH)–C–C–N with tert-alkyl or cyclic N) is 1. The van der Waals surface area contributed by atoms with Crippen LogP contribution in [-0.2, 0) is 6.54 Å². The Labute approximate surface area is 82.6 Å². The van der Waals surface area contributed by atoms with Crippen molar-refractivity contribution in [1.29, 1.82) is 0 Å². The molecule has 0 radical (unpaired) electrons. The molecule has 76 valence electrons. The highest BCUT2D eigenvalue weighted by Gasteiger charge is 2.27. The molecule has 0 aromatic carbocycles. The van der Waals surface area contributed by atoms with Crippen LogP contribution in [0, 0.1) is 6.92 Å². The van der Waals surface area contributed by atoms with E-state index in [4.69, 9.17) is 5.73 Å². The Morgan fingerprint density at radius 2 is 2.36 bits per heavy atom. The normalized spacial score (nSPS) is 16.9. The van der Waals surface area contributed by atoms with E-state index in [1.165, 1.54) is 0 Å². The number of aliphatic hydroxyl groups is 1. The number of hydrogen-bond acceptors (Lipinski definition) is 5. The largest absolute Gasteiger partial charge is 0.389 e. The maximum atomic E-state index is 9.20. The van der Waals surface area contributed by atoms with E-state index in [0.29, 0.717) is 19.6 Å². The first-order valence-electron chi connectivity index (χ1n) is 4.66. The minimum Gasteiger partial charge on any atom is -0.389 e. The molecule has 2 rings (SSSR count). The van der Waals surface area contributed by atoms with E-state index in [1.807, 2.05) is 11.8 Å². The summed E-state index contributed by atoms with van der Waals surface area (Å²) in [6.45, 7) is 3.56. The van der Waals surface area contributed by atoms with E-state index >= 15 is 0 Å². The second-order valence-electron chi connectivity index (χ2n) is 3.53. The molecule has 1 fully saturated rings. The van der Waals surface area contributed by atoms with E-state index in [9.17, 15) is 5.11 Å². The van der Waals surface area contributed by atoms with Gasteiger partial charge in [-0.3, -0.25) is 0 Å². The van der Waals surface area contributed by atoms with Crippen molar-refractivity contribution in [3.63, 3.8) is 0 Å². The number of nitrogens with zero attached hydrogens (tertiary/aromatic N) is 3. The van der Waals surface area contributed by atoms with Gasteiger partial charge in [0.1, 0.15) is 11.6 Å². The van der Waals surface area contributed by atoms with Crippen molar-refractivity contribution in [2.75, 3.05) is 18.0 Å². The highest BCUT2D eigenvalue weighted by molar-refractivity contribution is 5.48. The van der Waals surface area contributed by atoms with Crippen molar-refractivity contribution in [2.45, 2.75) is 19.6 Å². The predicted molar refractivity (Wildman–Crippen MR) is 52.9 cm³/mol. The number of aliphatic hydroxyl groups excluding tert-OH is 1. The number of rotatable bonds is 2. The van der Waals surface area contributed by atoms with E-state index in [1.54, 1.807) is 6.20 Å². The SMILES string of the molecule is Cc1ncc(CN)c(N2CC(O)C2)n1. The highest BCUT2D eigenvalue weighted by atomic mass is 16.3. The summed E-state index contributed by atoms with van der Waals surface area (Å²) >= 11 is 0. The first kappa shape index (κ1) is 9.36. The molecule has 0 bridgehead atoms. The third-order valence-electron chi connectivity index (χ3n) is 2.34. The minimum absolute atomic E-state index is 0.226. The van der Waals surface area contributed by atoms with E-state index in [-0.39, 0.29) is 6.10 Å². The van der Waals surface area contributed by atoms with Crippen molar-refractivity contribution in [3.8, 4) is 0 Å². The lowest BCUT2D eigenvalue weighted by Crippen LogP contribution is -2.51. The Morgan fingerprint density at radius 1 is 1.64 bits per heavy atom. The molecule has 14 heavy (non-hydrogen) atoms. The van der Waals surface area contributed by atoms with Crippen LogP contribution in [0.3, 0.4) is 0 Å². The molecular weight excluding hydrogens is 180 g/mol. The molecule has 0 atom stereocenters. The van der Waals surface area contributed by atoms with E-state index < -0.39 is 0 Å². The van der Waals surface area contributed by atoms with Crippen LogP contribution in [0.15, 0.2) is 6.20 Å². The Kier molecular flexibility index (Phi) is 2.35. The van der Waals surface area contributed by atoms with Gasteiger partial charge in [-0.2, -0.15) is 0 Å². The van der Waals surface area contributed by atoms with Crippen molar-refractivity contribution in [3.05, 3.63) is 17.6 Å². The first-order valence-corrected chi connectivity index (χ1v) is 4.66. The minimum atomic E-state index is -0.226. The quantitative estimate of drug-likeness (QED) is 0.659. The first-order chi connectivity index (χ1) is 6.70. The van der Waals surface area contributed by atoms with Gasteiger partial charge in [-0.15, -0.1) is 0 Å². The van der Waals surface area contributed by atoms with Crippen LogP contribution in [0.2, 0.25) is 0 Å². The summed E-state index contributed by atoms with van der Waals surface area (Å²) in [4.78, 5) is 10.4. The fourth-order valence-electron chi connectivity index (χ4n) is 1.53. The lowest BCUT2D eigenvalue weighted by molar-refractivity contribution is 0.141. The monoisotopic (exact) mass is 194 g/mol. The number of aryl methyl sites for hydroxylation is 1. The Balaban J connectivity index is 2.26.